The molecule has 21 heavy (non-hydrogen) atoms. The highest BCUT2D eigenvalue weighted by Gasteiger charge is 2.06. The molecule has 0 radical (unpaired) electrons. The summed E-state index contributed by atoms with van der Waals surface area (Å²) in [6.45, 7) is 1.48. The summed E-state index contributed by atoms with van der Waals surface area (Å²) in [6, 6.07) is 13.5. The minimum absolute atomic E-state index is 0.0903. The number of nitrogens with zero attached hydrogens (tertiary/aromatic N) is 2. The van der Waals surface area contributed by atoms with Gasteiger partial charge >= 0.3 is 0 Å². The summed E-state index contributed by atoms with van der Waals surface area (Å²) in [4.78, 5) is 19.3. The fourth-order valence-corrected chi connectivity index (χ4v) is 2.34. The van der Waals surface area contributed by atoms with Gasteiger partial charge in [0.25, 0.3) is 0 Å². The summed E-state index contributed by atoms with van der Waals surface area (Å²) >= 11 is 5.89. The molecule has 0 fully saturated rings. The number of carbonyl (C=O) groups is 1. The maximum absolute atomic E-state index is 11.0. The van der Waals surface area contributed by atoms with Crippen LogP contribution >= 0.6 is 11.6 Å². The molecule has 3 rings (SSSR count). The molecule has 0 atom stereocenters. The molecule has 1 N–H and O–H groups in total. The number of amides is 1. The number of anilines is 1. The van der Waals surface area contributed by atoms with Gasteiger partial charge in [-0.1, -0.05) is 30.3 Å². The van der Waals surface area contributed by atoms with E-state index in [9.17, 15) is 4.79 Å². The Morgan fingerprint density at radius 1 is 1.14 bits per heavy atom. The third-order valence-corrected chi connectivity index (χ3v) is 3.28. The molecule has 0 saturated heterocycles. The molecule has 0 aliphatic rings. The smallest absolute Gasteiger partial charge is 0.222 e. The summed E-state index contributed by atoms with van der Waals surface area (Å²) in [5.74, 6) is -0.0903. The first-order valence-electron chi connectivity index (χ1n) is 6.43. The highest BCUT2D eigenvalue weighted by molar-refractivity contribution is 6.28. The third-order valence-electron chi connectivity index (χ3n) is 3.10. The minimum atomic E-state index is -0.0903. The molecule has 2 aromatic carbocycles. The number of carbonyl (C=O) groups excluding carboxylic acids is 1. The van der Waals surface area contributed by atoms with Gasteiger partial charge < -0.3 is 5.32 Å². The zero-order valence-corrected chi connectivity index (χ0v) is 12.1. The second-order valence-electron chi connectivity index (χ2n) is 4.64. The number of halogens is 1. The van der Waals surface area contributed by atoms with Crippen molar-refractivity contribution in [2.75, 3.05) is 5.32 Å². The summed E-state index contributed by atoms with van der Waals surface area (Å²) in [5.41, 5.74) is 3.56. The molecule has 0 spiro atoms. The quantitative estimate of drug-likeness (QED) is 0.730. The van der Waals surface area contributed by atoms with Gasteiger partial charge in [-0.25, -0.2) is 9.97 Å². The Labute approximate surface area is 126 Å². The Hall–Kier alpha value is -2.46. The van der Waals surface area contributed by atoms with E-state index < -0.39 is 0 Å². The normalized spacial score (nSPS) is 10.6. The summed E-state index contributed by atoms with van der Waals surface area (Å²) in [5, 5.41) is 3.90. The Kier molecular flexibility index (Phi) is 3.54. The molecule has 1 aromatic heterocycles. The minimum Gasteiger partial charge on any atom is -0.326 e. The monoisotopic (exact) mass is 297 g/mol. The molecular formula is C16H12ClN3O. The van der Waals surface area contributed by atoms with Crippen molar-refractivity contribution in [2.45, 2.75) is 6.92 Å². The molecule has 1 heterocycles. The van der Waals surface area contributed by atoms with Crippen molar-refractivity contribution in [1.82, 2.24) is 9.97 Å². The zero-order valence-electron chi connectivity index (χ0n) is 11.3. The van der Waals surface area contributed by atoms with Crippen LogP contribution in [-0.4, -0.2) is 15.9 Å². The number of aromatic nitrogens is 2. The fraction of sp³-hybridized carbons (Fsp3) is 0.0625. The van der Waals surface area contributed by atoms with Crippen LogP contribution in [0.3, 0.4) is 0 Å². The first-order chi connectivity index (χ1) is 10.1. The van der Waals surface area contributed by atoms with Gasteiger partial charge in [0.05, 0.1) is 5.52 Å². The van der Waals surface area contributed by atoms with E-state index in [4.69, 9.17) is 11.6 Å². The molecule has 3 aromatic rings. The topological polar surface area (TPSA) is 54.9 Å². The number of nitrogens with one attached hydrogen (secondary N) is 1. The van der Waals surface area contributed by atoms with Crippen LogP contribution in [0.2, 0.25) is 5.28 Å². The van der Waals surface area contributed by atoms with Gasteiger partial charge in [0.2, 0.25) is 11.2 Å². The summed E-state index contributed by atoms with van der Waals surface area (Å²) < 4.78 is 0. The number of benzene rings is 2. The van der Waals surface area contributed by atoms with Crippen molar-refractivity contribution in [1.29, 1.82) is 0 Å². The van der Waals surface area contributed by atoms with Gasteiger partial charge in [-0.05, 0) is 29.3 Å². The van der Waals surface area contributed by atoms with Crippen LogP contribution in [0.4, 0.5) is 5.69 Å². The van der Waals surface area contributed by atoms with Crippen LogP contribution in [0.15, 0.2) is 48.7 Å². The van der Waals surface area contributed by atoms with Crippen molar-refractivity contribution in [2.24, 2.45) is 0 Å². The first-order valence-corrected chi connectivity index (χ1v) is 6.80. The molecule has 5 heteroatoms. The Morgan fingerprint density at radius 2 is 1.90 bits per heavy atom. The SMILES string of the molecule is CC(=O)Nc1ccc(-c2cccc3cnc(Cl)nc23)cc1. The Bertz CT molecular complexity index is 815. The highest BCUT2D eigenvalue weighted by Crippen LogP contribution is 2.28. The second kappa shape index (κ2) is 5.50. The molecule has 104 valence electrons. The van der Waals surface area contributed by atoms with E-state index in [1.807, 2.05) is 42.5 Å². The van der Waals surface area contributed by atoms with E-state index in [0.717, 1.165) is 27.7 Å². The Morgan fingerprint density at radius 3 is 2.62 bits per heavy atom. The van der Waals surface area contributed by atoms with Gasteiger partial charge in [0.1, 0.15) is 0 Å². The second-order valence-corrected chi connectivity index (χ2v) is 4.98. The van der Waals surface area contributed by atoms with E-state index in [-0.39, 0.29) is 11.2 Å². The van der Waals surface area contributed by atoms with Gasteiger partial charge in [-0.2, -0.15) is 0 Å². The van der Waals surface area contributed by atoms with Gasteiger partial charge in [0.15, 0.2) is 0 Å². The lowest BCUT2D eigenvalue weighted by atomic mass is 10.0. The van der Waals surface area contributed by atoms with Gasteiger partial charge in [-0.15, -0.1) is 0 Å². The fourth-order valence-electron chi connectivity index (χ4n) is 2.20. The van der Waals surface area contributed by atoms with Crippen LogP contribution in [-0.2, 0) is 4.79 Å². The molecule has 4 nitrogen and oxygen atoms in total. The lowest BCUT2D eigenvalue weighted by Gasteiger charge is -2.07. The van der Waals surface area contributed by atoms with Gasteiger partial charge in [-0.3, -0.25) is 4.79 Å². The first kappa shape index (κ1) is 13.5. The summed E-state index contributed by atoms with van der Waals surface area (Å²) in [6.07, 6.45) is 1.71. The van der Waals surface area contributed by atoms with Crippen molar-refractivity contribution >= 4 is 34.1 Å². The average molecular weight is 298 g/mol. The molecule has 0 bridgehead atoms. The lowest BCUT2D eigenvalue weighted by Crippen LogP contribution is -2.05. The highest BCUT2D eigenvalue weighted by atomic mass is 35.5. The maximum atomic E-state index is 11.0. The van der Waals surface area contributed by atoms with Crippen molar-refractivity contribution in [3.8, 4) is 11.1 Å². The van der Waals surface area contributed by atoms with E-state index in [0.29, 0.717) is 0 Å². The van der Waals surface area contributed by atoms with E-state index in [1.54, 1.807) is 6.20 Å². The van der Waals surface area contributed by atoms with Crippen molar-refractivity contribution in [3.05, 3.63) is 53.9 Å². The third kappa shape index (κ3) is 2.85. The van der Waals surface area contributed by atoms with Crippen LogP contribution in [0, 0.1) is 0 Å². The molecule has 0 aliphatic heterocycles. The maximum Gasteiger partial charge on any atom is 0.222 e. The number of para-hydroxylation sites is 1. The molecule has 0 saturated carbocycles. The van der Waals surface area contributed by atoms with Crippen LogP contribution in [0.1, 0.15) is 6.92 Å². The predicted molar refractivity (Wildman–Crippen MR) is 84.3 cm³/mol. The molecular weight excluding hydrogens is 286 g/mol. The Balaban J connectivity index is 2.07. The van der Waals surface area contributed by atoms with Crippen LogP contribution in [0.25, 0.3) is 22.0 Å². The number of rotatable bonds is 2. The van der Waals surface area contributed by atoms with Crippen LogP contribution < -0.4 is 5.32 Å². The number of fused-ring (bicyclic) bond motifs is 1. The predicted octanol–water partition coefficient (Wildman–Crippen LogP) is 3.91. The van der Waals surface area contributed by atoms with Crippen molar-refractivity contribution < 1.29 is 4.79 Å². The van der Waals surface area contributed by atoms with E-state index in [1.165, 1.54) is 6.92 Å². The van der Waals surface area contributed by atoms with Crippen molar-refractivity contribution in [3.63, 3.8) is 0 Å². The molecule has 0 aliphatic carbocycles. The molecule has 1 amide bonds. The van der Waals surface area contributed by atoms with Gasteiger partial charge in [0, 0.05) is 29.8 Å². The average Bonchev–Trinajstić information content (AvgIpc) is 2.47. The summed E-state index contributed by atoms with van der Waals surface area (Å²) in [7, 11) is 0. The van der Waals surface area contributed by atoms with E-state index >= 15 is 0 Å². The standard InChI is InChI=1S/C16H12ClN3O/c1-10(21)19-13-7-5-11(6-8-13)14-4-2-3-12-9-18-16(17)20-15(12)14/h2-9H,1H3,(H,19,21). The van der Waals surface area contributed by atoms with E-state index in [2.05, 4.69) is 15.3 Å². The van der Waals surface area contributed by atoms with Crippen LogP contribution in [0.5, 0.6) is 0 Å². The largest absolute Gasteiger partial charge is 0.326 e. The lowest BCUT2D eigenvalue weighted by molar-refractivity contribution is -0.114. The molecule has 0 unspecified atom stereocenters. The zero-order chi connectivity index (χ0) is 14.8. The number of hydrogen-bond acceptors (Lipinski definition) is 3. The number of hydrogen-bond donors (Lipinski definition) is 1.